The maximum atomic E-state index is 12.2. The molecule has 118 valence electrons. The van der Waals surface area contributed by atoms with E-state index in [1.54, 1.807) is 19.1 Å². The normalized spacial score (nSPS) is 11.3. The van der Waals surface area contributed by atoms with Gasteiger partial charge in [0.2, 0.25) is 10.0 Å². The topological polar surface area (TPSA) is 109 Å². The van der Waals surface area contributed by atoms with E-state index in [1.165, 1.54) is 18.4 Å². The number of aromatic carboxylic acids is 1. The zero-order chi connectivity index (χ0) is 16.2. The van der Waals surface area contributed by atoms with Crippen molar-refractivity contribution in [2.24, 2.45) is 0 Å². The van der Waals surface area contributed by atoms with Crippen LogP contribution in [0.2, 0.25) is 0 Å². The minimum atomic E-state index is -3.79. The summed E-state index contributed by atoms with van der Waals surface area (Å²) in [6.45, 7) is 2.14. The summed E-state index contributed by atoms with van der Waals surface area (Å²) in [5.74, 6) is -0.556. The molecule has 0 radical (unpaired) electrons. The van der Waals surface area contributed by atoms with Crippen molar-refractivity contribution in [3.05, 3.63) is 47.9 Å². The molecule has 0 fully saturated rings. The van der Waals surface area contributed by atoms with E-state index in [2.05, 4.69) is 10.0 Å². The van der Waals surface area contributed by atoms with Gasteiger partial charge in [-0.05, 0) is 30.3 Å². The molecule has 1 heterocycles. The molecule has 0 aliphatic heterocycles. The average molecular weight is 324 g/mol. The van der Waals surface area contributed by atoms with Crippen LogP contribution < -0.4 is 10.0 Å². The maximum Gasteiger partial charge on any atom is 0.335 e. The van der Waals surface area contributed by atoms with E-state index in [9.17, 15) is 13.2 Å². The molecule has 0 aliphatic rings. The fourth-order valence-corrected chi connectivity index (χ4v) is 3.13. The summed E-state index contributed by atoms with van der Waals surface area (Å²) in [6.07, 6.45) is 1.51. The van der Waals surface area contributed by atoms with Gasteiger partial charge in [0, 0.05) is 6.54 Å². The first-order valence-corrected chi connectivity index (χ1v) is 8.05. The van der Waals surface area contributed by atoms with Crippen molar-refractivity contribution in [3.8, 4) is 0 Å². The third-order valence-electron chi connectivity index (χ3n) is 2.89. The number of furan rings is 1. The smallest absolute Gasteiger partial charge is 0.335 e. The standard InChI is InChI=1S/C14H16N2O5S/c1-2-16-22(19,20)13-8-10(14(17)18)5-6-12(13)15-9-11-4-3-7-21-11/h3-8,15-16H,2,9H2,1H3,(H,17,18). The van der Waals surface area contributed by atoms with E-state index < -0.39 is 16.0 Å². The number of carbonyl (C=O) groups is 1. The van der Waals surface area contributed by atoms with Crippen molar-refractivity contribution < 1.29 is 22.7 Å². The molecule has 2 aromatic rings. The van der Waals surface area contributed by atoms with Crippen molar-refractivity contribution in [3.63, 3.8) is 0 Å². The Hall–Kier alpha value is -2.32. The molecule has 0 saturated carbocycles. The van der Waals surface area contributed by atoms with Gasteiger partial charge in [-0.1, -0.05) is 6.92 Å². The number of rotatable bonds is 7. The average Bonchev–Trinajstić information content (AvgIpc) is 2.98. The summed E-state index contributed by atoms with van der Waals surface area (Å²) in [5.41, 5.74) is 0.211. The first-order chi connectivity index (χ1) is 10.4. The van der Waals surface area contributed by atoms with Gasteiger partial charge in [0.25, 0.3) is 0 Å². The van der Waals surface area contributed by atoms with Gasteiger partial charge in [-0.3, -0.25) is 0 Å². The second-order valence-electron chi connectivity index (χ2n) is 4.45. The molecule has 3 N–H and O–H groups in total. The molecule has 0 aliphatic carbocycles. The number of carboxylic acids is 1. The molecular formula is C14H16N2O5S. The van der Waals surface area contributed by atoms with Crippen LogP contribution in [0, 0.1) is 0 Å². The first kappa shape index (κ1) is 16.1. The molecule has 7 nitrogen and oxygen atoms in total. The molecule has 0 unspecified atom stereocenters. The van der Waals surface area contributed by atoms with Crippen molar-refractivity contribution in [2.45, 2.75) is 18.4 Å². The number of sulfonamides is 1. The van der Waals surface area contributed by atoms with Gasteiger partial charge >= 0.3 is 5.97 Å². The first-order valence-electron chi connectivity index (χ1n) is 6.57. The highest BCUT2D eigenvalue weighted by Gasteiger charge is 2.20. The molecule has 8 heteroatoms. The Morgan fingerprint density at radius 2 is 2.09 bits per heavy atom. The number of hydrogen-bond donors (Lipinski definition) is 3. The van der Waals surface area contributed by atoms with Gasteiger partial charge in [0.15, 0.2) is 0 Å². The van der Waals surface area contributed by atoms with E-state index in [4.69, 9.17) is 9.52 Å². The maximum absolute atomic E-state index is 12.2. The van der Waals surface area contributed by atoms with Crippen molar-refractivity contribution in [1.29, 1.82) is 0 Å². The molecule has 0 spiro atoms. The van der Waals surface area contributed by atoms with Gasteiger partial charge in [-0.25, -0.2) is 17.9 Å². The number of nitrogens with one attached hydrogen (secondary N) is 2. The summed E-state index contributed by atoms with van der Waals surface area (Å²) in [4.78, 5) is 10.9. The molecule has 0 saturated heterocycles. The summed E-state index contributed by atoms with van der Waals surface area (Å²) in [6, 6.07) is 7.37. The third kappa shape index (κ3) is 3.66. The molecule has 0 amide bonds. The SMILES string of the molecule is CCNS(=O)(=O)c1cc(C(=O)O)ccc1NCc1ccco1. The van der Waals surface area contributed by atoms with Crippen LogP contribution in [0.15, 0.2) is 45.9 Å². The molecular weight excluding hydrogens is 308 g/mol. The monoisotopic (exact) mass is 324 g/mol. The lowest BCUT2D eigenvalue weighted by atomic mass is 10.2. The van der Waals surface area contributed by atoms with Crippen LogP contribution in [0.3, 0.4) is 0 Å². The van der Waals surface area contributed by atoms with Gasteiger partial charge in [-0.15, -0.1) is 0 Å². The molecule has 1 aromatic heterocycles. The Bertz CT molecular complexity index is 754. The van der Waals surface area contributed by atoms with Crippen LogP contribution in [-0.4, -0.2) is 26.0 Å². The van der Waals surface area contributed by atoms with Crippen molar-refractivity contribution in [2.75, 3.05) is 11.9 Å². The Morgan fingerprint density at radius 3 is 2.68 bits per heavy atom. The largest absolute Gasteiger partial charge is 0.478 e. The summed E-state index contributed by atoms with van der Waals surface area (Å²) < 4.78 is 32.0. The number of benzene rings is 1. The molecule has 0 bridgehead atoms. The molecule has 22 heavy (non-hydrogen) atoms. The zero-order valence-corrected chi connectivity index (χ0v) is 12.7. The van der Waals surface area contributed by atoms with E-state index in [0.29, 0.717) is 11.4 Å². The van der Waals surface area contributed by atoms with Crippen LogP contribution >= 0.6 is 0 Å². The molecule has 1 aromatic carbocycles. The summed E-state index contributed by atoms with van der Waals surface area (Å²) in [5, 5.41) is 12.0. The summed E-state index contributed by atoms with van der Waals surface area (Å²) >= 11 is 0. The van der Waals surface area contributed by atoms with E-state index in [1.807, 2.05) is 0 Å². The highest BCUT2D eigenvalue weighted by molar-refractivity contribution is 7.89. The Labute approximate surface area is 128 Å². The lowest BCUT2D eigenvalue weighted by Crippen LogP contribution is -2.24. The van der Waals surface area contributed by atoms with Crippen LogP contribution in [0.4, 0.5) is 5.69 Å². The van der Waals surface area contributed by atoms with Gasteiger partial charge in [0.1, 0.15) is 10.7 Å². The van der Waals surface area contributed by atoms with Gasteiger partial charge in [-0.2, -0.15) is 0 Å². The third-order valence-corrected chi connectivity index (χ3v) is 4.47. The number of carboxylic acid groups (broad SMARTS) is 1. The molecule has 2 rings (SSSR count). The Kier molecular flexibility index (Phi) is 4.84. The Morgan fingerprint density at radius 1 is 1.32 bits per heavy atom. The van der Waals surface area contributed by atoms with Crippen molar-refractivity contribution >= 4 is 21.7 Å². The van der Waals surface area contributed by atoms with E-state index in [0.717, 1.165) is 6.07 Å². The highest BCUT2D eigenvalue weighted by atomic mass is 32.2. The van der Waals surface area contributed by atoms with Gasteiger partial charge in [0.05, 0.1) is 24.1 Å². The minimum absolute atomic E-state index is 0.0972. The second-order valence-corrected chi connectivity index (χ2v) is 6.19. The second kappa shape index (κ2) is 6.63. The minimum Gasteiger partial charge on any atom is -0.478 e. The zero-order valence-electron chi connectivity index (χ0n) is 11.9. The highest BCUT2D eigenvalue weighted by Crippen LogP contribution is 2.23. The predicted octanol–water partition coefficient (Wildman–Crippen LogP) is 1.89. The Balaban J connectivity index is 2.37. The van der Waals surface area contributed by atoms with Gasteiger partial charge < -0.3 is 14.8 Å². The van der Waals surface area contributed by atoms with Crippen molar-refractivity contribution in [1.82, 2.24) is 4.72 Å². The van der Waals surface area contributed by atoms with Crippen LogP contribution in [-0.2, 0) is 16.6 Å². The summed E-state index contributed by atoms with van der Waals surface area (Å²) in [7, 11) is -3.79. The van der Waals surface area contributed by atoms with Crippen LogP contribution in [0.1, 0.15) is 23.0 Å². The fourth-order valence-electron chi connectivity index (χ4n) is 1.89. The quantitative estimate of drug-likeness (QED) is 0.717. The molecule has 0 atom stereocenters. The number of anilines is 1. The number of hydrogen-bond acceptors (Lipinski definition) is 5. The lowest BCUT2D eigenvalue weighted by molar-refractivity contribution is 0.0696. The van der Waals surface area contributed by atoms with Crippen LogP contribution in [0.25, 0.3) is 0 Å². The van der Waals surface area contributed by atoms with E-state index in [-0.39, 0.29) is 23.5 Å². The van der Waals surface area contributed by atoms with Crippen LogP contribution in [0.5, 0.6) is 0 Å². The lowest BCUT2D eigenvalue weighted by Gasteiger charge is -2.13. The fraction of sp³-hybridized carbons (Fsp3) is 0.214. The van der Waals surface area contributed by atoms with E-state index >= 15 is 0 Å². The predicted molar refractivity (Wildman–Crippen MR) is 80.3 cm³/mol.